The lowest BCUT2D eigenvalue weighted by atomic mass is 9.79. The lowest BCUT2D eigenvalue weighted by molar-refractivity contribution is -0.393. The second-order valence-electron chi connectivity index (χ2n) is 7.24. The van der Waals surface area contributed by atoms with Crippen LogP contribution in [0, 0.1) is 25.6 Å². The molecule has 0 aromatic heterocycles. The van der Waals surface area contributed by atoms with Gasteiger partial charge in [-0.2, -0.15) is 5.10 Å². The van der Waals surface area contributed by atoms with Gasteiger partial charge in [0.2, 0.25) is 0 Å². The van der Waals surface area contributed by atoms with Gasteiger partial charge in [-0.15, -0.1) is 0 Å². The summed E-state index contributed by atoms with van der Waals surface area (Å²) in [5.41, 5.74) is 5.39. The largest absolute Gasteiger partial charge is 0.301 e. The number of anilines is 1. The van der Waals surface area contributed by atoms with E-state index in [1.807, 2.05) is 18.2 Å². The zero-order valence-corrected chi connectivity index (χ0v) is 14.7. The van der Waals surface area contributed by atoms with Crippen LogP contribution in [0.4, 0.5) is 17.1 Å². The Labute approximate surface area is 155 Å². The third-order valence-electron chi connectivity index (χ3n) is 5.77. The van der Waals surface area contributed by atoms with Crippen molar-refractivity contribution in [2.24, 2.45) is 10.5 Å². The average Bonchev–Trinajstić information content (AvgIpc) is 3.13. The van der Waals surface area contributed by atoms with Gasteiger partial charge in [0.15, 0.2) is 0 Å². The highest BCUT2D eigenvalue weighted by Gasteiger charge is 2.50. The molecular formula is C19H18N4O4. The van der Waals surface area contributed by atoms with Crippen LogP contribution >= 0.6 is 0 Å². The molecule has 8 nitrogen and oxygen atoms in total. The van der Waals surface area contributed by atoms with E-state index in [-0.39, 0.29) is 22.5 Å². The highest BCUT2D eigenvalue weighted by molar-refractivity contribution is 6.10. The van der Waals surface area contributed by atoms with Gasteiger partial charge in [0.05, 0.1) is 21.6 Å². The summed E-state index contributed by atoms with van der Waals surface area (Å²) in [6, 6.07) is 11.7. The molecular weight excluding hydrogens is 348 g/mol. The molecule has 0 spiro atoms. The molecule has 138 valence electrons. The molecule has 0 aliphatic heterocycles. The highest BCUT2D eigenvalue weighted by atomic mass is 16.6. The summed E-state index contributed by atoms with van der Waals surface area (Å²) >= 11 is 0. The fourth-order valence-corrected chi connectivity index (χ4v) is 4.46. The number of non-ortho nitro benzene ring substituents is 1. The first-order chi connectivity index (χ1) is 12.9. The van der Waals surface area contributed by atoms with E-state index in [0.717, 1.165) is 36.6 Å². The van der Waals surface area contributed by atoms with E-state index >= 15 is 0 Å². The Morgan fingerprint density at radius 2 is 1.93 bits per heavy atom. The number of nitro groups is 2. The van der Waals surface area contributed by atoms with Gasteiger partial charge in [-0.05, 0) is 30.4 Å². The number of rotatable bonds is 4. The van der Waals surface area contributed by atoms with Gasteiger partial charge in [-0.1, -0.05) is 37.6 Å². The maximum absolute atomic E-state index is 11.3. The lowest BCUT2D eigenvalue weighted by Crippen LogP contribution is -2.25. The second kappa shape index (κ2) is 6.15. The minimum atomic E-state index is -0.653. The lowest BCUT2D eigenvalue weighted by Gasteiger charge is -2.25. The van der Waals surface area contributed by atoms with Crippen molar-refractivity contribution >= 4 is 22.8 Å². The van der Waals surface area contributed by atoms with E-state index in [1.165, 1.54) is 17.7 Å². The van der Waals surface area contributed by atoms with Crippen LogP contribution in [0.15, 0.2) is 47.6 Å². The van der Waals surface area contributed by atoms with Crippen molar-refractivity contribution in [2.45, 2.75) is 32.1 Å². The number of hydrazone groups is 1. The molecule has 8 heteroatoms. The summed E-state index contributed by atoms with van der Waals surface area (Å²) in [7, 11) is 0. The second-order valence-corrected chi connectivity index (χ2v) is 7.24. The van der Waals surface area contributed by atoms with Crippen LogP contribution in [0.25, 0.3) is 0 Å². The number of hydrogen-bond acceptors (Lipinski definition) is 6. The van der Waals surface area contributed by atoms with E-state index in [1.54, 1.807) is 0 Å². The van der Waals surface area contributed by atoms with Crippen molar-refractivity contribution in [1.29, 1.82) is 0 Å². The SMILES string of the molecule is CC12CCCC1c1ccccc1C2=NNc1ccc([N+](=O)[O-])cc1[N+](=O)[O-]. The molecule has 2 aliphatic carbocycles. The van der Waals surface area contributed by atoms with Gasteiger partial charge >= 0.3 is 5.69 Å². The topological polar surface area (TPSA) is 111 Å². The van der Waals surface area contributed by atoms with Crippen molar-refractivity contribution in [3.8, 4) is 0 Å². The van der Waals surface area contributed by atoms with Crippen molar-refractivity contribution in [3.63, 3.8) is 0 Å². The van der Waals surface area contributed by atoms with Gasteiger partial charge in [0.1, 0.15) is 5.69 Å². The van der Waals surface area contributed by atoms with Crippen LogP contribution < -0.4 is 5.43 Å². The Kier molecular flexibility index (Phi) is 3.91. The van der Waals surface area contributed by atoms with Gasteiger partial charge < -0.3 is 0 Å². The van der Waals surface area contributed by atoms with Crippen LogP contribution in [-0.2, 0) is 0 Å². The Morgan fingerprint density at radius 3 is 2.67 bits per heavy atom. The van der Waals surface area contributed by atoms with Crippen LogP contribution in [0.1, 0.15) is 43.2 Å². The third kappa shape index (κ3) is 2.64. The molecule has 2 aromatic carbocycles. The summed E-state index contributed by atoms with van der Waals surface area (Å²) in [6.07, 6.45) is 3.23. The molecule has 1 fully saturated rings. The van der Waals surface area contributed by atoms with Gasteiger partial charge in [-0.3, -0.25) is 25.7 Å². The molecule has 1 N–H and O–H groups in total. The first-order valence-electron chi connectivity index (χ1n) is 8.78. The Balaban J connectivity index is 1.75. The van der Waals surface area contributed by atoms with Crippen molar-refractivity contribution < 1.29 is 9.85 Å². The number of hydrogen-bond donors (Lipinski definition) is 1. The molecule has 1 saturated carbocycles. The molecule has 0 heterocycles. The molecule has 0 bridgehead atoms. The molecule has 2 unspecified atom stereocenters. The van der Waals surface area contributed by atoms with E-state index in [2.05, 4.69) is 23.5 Å². The maximum Gasteiger partial charge on any atom is 0.301 e. The maximum atomic E-state index is 11.3. The Bertz CT molecular complexity index is 987. The zero-order chi connectivity index (χ0) is 19.2. The predicted molar refractivity (Wildman–Crippen MR) is 101 cm³/mol. The number of nitrogens with zero attached hydrogens (tertiary/aromatic N) is 3. The van der Waals surface area contributed by atoms with Gasteiger partial charge in [0, 0.05) is 17.0 Å². The van der Waals surface area contributed by atoms with Crippen LogP contribution in [-0.4, -0.2) is 15.6 Å². The average molecular weight is 366 g/mol. The molecule has 27 heavy (non-hydrogen) atoms. The van der Waals surface area contributed by atoms with Crippen LogP contribution in [0.3, 0.4) is 0 Å². The number of nitro benzene ring substituents is 2. The molecule has 2 aromatic rings. The van der Waals surface area contributed by atoms with E-state index in [4.69, 9.17) is 0 Å². The summed E-state index contributed by atoms with van der Waals surface area (Å²) in [6.45, 7) is 2.19. The standard InChI is InChI=1S/C19H18N4O4/c1-19-10-4-7-15(19)13-5-2-3-6-14(13)18(19)21-20-16-9-8-12(22(24)25)11-17(16)23(26)27/h2-3,5-6,8-9,11,15,20H,4,7,10H2,1H3. The Morgan fingerprint density at radius 1 is 1.15 bits per heavy atom. The van der Waals surface area contributed by atoms with Crippen molar-refractivity contribution in [1.82, 2.24) is 0 Å². The normalized spacial score (nSPS) is 24.5. The third-order valence-corrected chi connectivity index (χ3v) is 5.77. The van der Waals surface area contributed by atoms with E-state index in [9.17, 15) is 20.2 Å². The first kappa shape index (κ1) is 17.1. The van der Waals surface area contributed by atoms with Crippen molar-refractivity contribution in [3.05, 3.63) is 73.8 Å². The smallest absolute Gasteiger partial charge is 0.271 e. The number of fused-ring (bicyclic) bond motifs is 3. The monoisotopic (exact) mass is 366 g/mol. The van der Waals surface area contributed by atoms with Crippen molar-refractivity contribution in [2.75, 3.05) is 5.43 Å². The number of benzene rings is 2. The van der Waals surface area contributed by atoms with E-state index in [0.29, 0.717) is 5.92 Å². The minimum absolute atomic E-state index is 0.105. The number of nitrogens with one attached hydrogen (secondary N) is 1. The summed E-state index contributed by atoms with van der Waals surface area (Å²) in [5.74, 6) is 0.404. The summed E-state index contributed by atoms with van der Waals surface area (Å²) in [5, 5.41) is 26.8. The molecule has 0 radical (unpaired) electrons. The molecule has 2 aliphatic rings. The fraction of sp³-hybridized carbons (Fsp3) is 0.316. The van der Waals surface area contributed by atoms with Crippen LogP contribution in [0.5, 0.6) is 0 Å². The van der Waals surface area contributed by atoms with Gasteiger partial charge in [-0.25, -0.2) is 0 Å². The van der Waals surface area contributed by atoms with Gasteiger partial charge in [0.25, 0.3) is 5.69 Å². The van der Waals surface area contributed by atoms with Crippen LogP contribution in [0.2, 0.25) is 0 Å². The summed E-state index contributed by atoms with van der Waals surface area (Å²) < 4.78 is 0. The summed E-state index contributed by atoms with van der Waals surface area (Å²) in [4.78, 5) is 20.9. The molecule has 0 saturated heterocycles. The molecule has 0 amide bonds. The molecule has 4 rings (SSSR count). The fourth-order valence-electron chi connectivity index (χ4n) is 4.46. The predicted octanol–water partition coefficient (Wildman–Crippen LogP) is 4.61. The Hall–Kier alpha value is -3.29. The molecule has 2 atom stereocenters. The first-order valence-corrected chi connectivity index (χ1v) is 8.78. The van der Waals surface area contributed by atoms with E-state index < -0.39 is 9.85 Å². The highest BCUT2D eigenvalue weighted by Crippen LogP contribution is 2.57. The quantitative estimate of drug-likeness (QED) is 0.627. The zero-order valence-electron chi connectivity index (χ0n) is 14.7. The minimum Gasteiger partial charge on any atom is -0.271 e.